The maximum atomic E-state index is 12.8. The molecule has 6 heteroatoms. The van der Waals surface area contributed by atoms with Gasteiger partial charge in [0.2, 0.25) is 0 Å². The van der Waals surface area contributed by atoms with Crippen molar-refractivity contribution in [2.24, 2.45) is 0 Å². The second-order valence-electron chi connectivity index (χ2n) is 16.3. The van der Waals surface area contributed by atoms with E-state index < -0.39 is 6.10 Å². The molecule has 0 radical (unpaired) electrons. The van der Waals surface area contributed by atoms with Crippen molar-refractivity contribution in [3.8, 4) is 0 Å². The molecule has 0 aliphatic heterocycles. The van der Waals surface area contributed by atoms with Gasteiger partial charge in [-0.2, -0.15) is 0 Å². The zero-order chi connectivity index (χ0) is 46.5. The van der Waals surface area contributed by atoms with E-state index in [1.807, 2.05) is 0 Å². The lowest BCUT2D eigenvalue weighted by Crippen LogP contribution is -2.30. The first-order chi connectivity index (χ1) is 31.5. The van der Waals surface area contributed by atoms with Crippen molar-refractivity contribution >= 4 is 17.9 Å². The van der Waals surface area contributed by atoms with Crippen LogP contribution in [-0.2, 0) is 28.6 Å². The van der Waals surface area contributed by atoms with Crippen LogP contribution in [0.4, 0.5) is 0 Å². The predicted molar refractivity (Wildman–Crippen MR) is 274 cm³/mol. The number of allylic oxidation sites excluding steroid dienone is 20. The minimum absolute atomic E-state index is 0.123. The van der Waals surface area contributed by atoms with Gasteiger partial charge in [0.15, 0.2) is 6.10 Å². The molecule has 0 aliphatic rings. The summed E-state index contributed by atoms with van der Waals surface area (Å²) in [5.41, 5.74) is 0. The van der Waals surface area contributed by atoms with Crippen LogP contribution in [0, 0.1) is 0 Å². The molecular formula is C58H92O6. The molecule has 0 aromatic heterocycles. The van der Waals surface area contributed by atoms with E-state index in [9.17, 15) is 14.4 Å². The van der Waals surface area contributed by atoms with E-state index in [0.29, 0.717) is 25.7 Å². The molecule has 0 spiro atoms. The maximum Gasteiger partial charge on any atom is 0.306 e. The molecule has 0 amide bonds. The fraction of sp³-hybridized carbons (Fsp3) is 0.603. The molecule has 0 fully saturated rings. The molecule has 0 aromatic rings. The van der Waals surface area contributed by atoms with Crippen LogP contribution in [0.5, 0.6) is 0 Å². The molecule has 6 nitrogen and oxygen atoms in total. The van der Waals surface area contributed by atoms with Gasteiger partial charge in [-0.05, 0) is 122 Å². The number of hydrogen-bond acceptors (Lipinski definition) is 6. The summed E-state index contributed by atoms with van der Waals surface area (Å²) in [4.78, 5) is 37.9. The standard InChI is InChI=1S/C58H92O6/c1-4-7-10-13-16-19-22-25-27-29-31-33-36-39-42-45-48-51-57(60)63-54-55(53-62-56(59)50-47-44-41-38-35-24-21-18-15-12-9-6-3)64-58(61)52-49-46-43-40-37-34-32-30-28-26-23-20-17-14-11-8-5-2/h7,9-10,12,16-21,25-28,31,33,35,38-39,42,55H,4-6,8,11,13-15,22-24,29-30,32,34,36-37,40-41,43-54H2,1-3H3/b10-7-,12-9-,19-16-,20-17-,21-18-,27-25-,28-26-,33-31-,38-35-,42-39-. The Labute approximate surface area is 392 Å². The third kappa shape index (κ3) is 48.8. The molecule has 1 atom stereocenters. The number of unbranched alkanes of at least 4 members (excludes halogenated alkanes) is 13. The molecule has 0 aromatic carbocycles. The van der Waals surface area contributed by atoms with Crippen LogP contribution in [0.1, 0.15) is 207 Å². The van der Waals surface area contributed by atoms with Crippen LogP contribution in [0.25, 0.3) is 0 Å². The molecule has 0 saturated carbocycles. The van der Waals surface area contributed by atoms with Crippen molar-refractivity contribution in [1.29, 1.82) is 0 Å². The lowest BCUT2D eigenvalue weighted by atomic mass is 10.1. The summed E-state index contributed by atoms with van der Waals surface area (Å²) in [5.74, 6) is -1.03. The lowest BCUT2D eigenvalue weighted by molar-refractivity contribution is -0.167. The number of carbonyl (C=O) groups is 3. The van der Waals surface area contributed by atoms with E-state index in [1.165, 1.54) is 51.4 Å². The Kier molecular flexibility index (Phi) is 48.1. The molecule has 0 aliphatic carbocycles. The van der Waals surface area contributed by atoms with Crippen LogP contribution < -0.4 is 0 Å². The summed E-state index contributed by atoms with van der Waals surface area (Å²) in [6, 6.07) is 0. The van der Waals surface area contributed by atoms with Gasteiger partial charge in [-0.1, -0.05) is 187 Å². The minimum Gasteiger partial charge on any atom is -0.462 e. The first-order valence-corrected chi connectivity index (χ1v) is 25.5. The Morgan fingerprint density at radius 2 is 0.625 bits per heavy atom. The third-order valence-electron chi connectivity index (χ3n) is 10.2. The van der Waals surface area contributed by atoms with Gasteiger partial charge in [-0.3, -0.25) is 14.4 Å². The van der Waals surface area contributed by atoms with Gasteiger partial charge in [0.25, 0.3) is 0 Å². The van der Waals surface area contributed by atoms with Crippen LogP contribution in [0.15, 0.2) is 122 Å². The normalized spacial score (nSPS) is 13.1. The van der Waals surface area contributed by atoms with Crippen molar-refractivity contribution in [3.05, 3.63) is 122 Å². The SMILES string of the molecule is CC/C=C\C/C=C\C/C=C\C/C=C\C/C=C\CCCC(=O)OCC(COC(=O)CCCC/C=C\C/C=C\C/C=C\CC)OC(=O)CCCCCCCCC/C=C\C/C=C\CCCCC. The molecule has 360 valence electrons. The summed E-state index contributed by atoms with van der Waals surface area (Å²) < 4.78 is 16.7. The largest absolute Gasteiger partial charge is 0.462 e. The van der Waals surface area contributed by atoms with E-state index in [-0.39, 0.29) is 37.5 Å². The van der Waals surface area contributed by atoms with Crippen molar-refractivity contribution in [2.75, 3.05) is 13.2 Å². The van der Waals surface area contributed by atoms with Crippen molar-refractivity contribution in [2.45, 2.75) is 213 Å². The Bertz CT molecular complexity index is 1390. The Hall–Kier alpha value is -4.19. The number of carbonyl (C=O) groups excluding carboxylic acids is 3. The predicted octanol–water partition coefficient (Wildman–Crippen LogP) is 16.9. The smallest absolute Gasteiger partial charge is 0.306 e. The lowest BCUT2D eigenvalue weighted by Gasteiger charge is -2.18. The van der Waals surface area contributed by atoms with Gasteiger partial charge in [-0.15, -0.1) is 0 Å². The highest BCUT2D eigenvalue weighted by Gasteiger charge is 2.19. The number of rotatable bonds is 44. The summed E-state index contributed by atoms with van der Waals surface area (Å²) >= 11 is 0. The summed E-state index contributed by atoms with van der Waals surface area (Å²) in [5, 5.41) is 0. The van der Waals surface area contributed by atoms with Gasteiger partial charge in [0.05, 0.1) is 0 Å². The fourth-order valence-corrected chi connectivity index (χ4v) is 6.40. The van der Waals surface area contributed by atoms with Gasteiger partial charge in [0, 0.05) is 19.3 Å². The maximum absolute atomic E-state index is 12.8. The van der Waals surface area contributed by atoms with E-state index in [1.54, 1.807) is 0 Å². The quantitative estimate of drug-likeness (QED) is 0.0262. The highest BCUT2D eigenvalue weighted by Crippen LogP contribution is 2.12. The number of ether oxygens (including phenoxy) is 3. The highest BCUT2D eigenvalue weighted by molar-refractivity contribution is 5.71. The van der Waals surface area contributed by atoms with E-state index in [0.717, 1.165) is 103 Å². The molecule has 0 bridgehead atoms. The molecule has 0 rings (SSSR count). The van der Waals surface area contributed by atoms with Crippen molar-refractivity contribution < 1.29 is 28.6 Å². The summed E-state index contributed by atoms with van der Waals surface area (Å²) in [7, 11) is 0. The zero-order valence-corrected chi connectivity index (χ0v) is 41.0. The van der Waals surface area contributed by atoms with Gasteiger partial charge < -0.3 is 14.2 Å². The minimum atomic E-state index is -0.823. The average Bonchev–Trinajstić information content (AvgIpc) is 3.29. The second-order valence-corrected chi connectivity index (χ2v) is 16.3. The fourth-order valence-electron chi connectivity index (χ4n) is 6.40. The van der Waals surface area contributed by atoms with Crippen LogP contribution in [-0.4, -0.2) is 37.2 Å². The number of hydrogen-bond donors (Lipinski definition) is 0. The van der Waals surface area contributed by atoms with Crippen LogP contribution in [0.2, 0.25) is 0 Å². The van der Waals surface area contributed by atoms with Crippen LogP contribution >= 0.6 is 0 Å². The first-order valence-electron chi connectivity index (χ1n) is 25.5. The molecule has 0 heterocycles. The third-order valence-corrected chi connectivity index (χ3v) is 10.2. The summed E-state index contributed by atoms with van der Waals surface area (Å²) in [6.07, 6.45) is 70.5. The monoisotopic (exact) mass is 885 g/mol. The molecule has 0 saturated heterocycles. The molecule has 1 unspecified atom stereocenters. The van der Waals surface area contributed by atoms with E-state index >= 15 is 0 Å². The molecule has 0 N–H and O–H groups in total. The van der Waals surface area contributed by atoms with Gasteiger partial charge >= 0.3 is 17.9 Å². The van der Waals surface area contributed by atoms with E-state index in [4.69, 9.17) is 14.2 Å². The van der Waals surface area contributed by atoms with Crippen molar-refractivity contribution in [1.82, 2.24) is 0 Å². The molecular weight excluding hydrogens is 793 g/mol. The number of esters is 3. The van der Waals surface area contributed by atoms with E-state index in [2.05, 4.69) is 142 Å². The Morgan fingerprint density at radius 1 is 0.328 bits per heavy atom. The second kappa shape index (κ2) is 51.4. The van der Waals surface area contributed by atoms with Crippen molar-refractivity contribution in [3.63, 3.8) is 0 Å². The van der Waals surface area contributed by atoms with Crippen LogP contribution in [0.3, 0.4) is 0 Å². The summed E-state index contributed by atoms with van der Waals surface area (Å²) in [6.45, 7) is 6.27. The van der Waals surface area contributed by atoms with Gasteiger partial charge in [-0.25, -0.2) is 0 Å². The molecule has 64 heavy (non-hydrogen) atoms. The average molecular weight is 885 g/mol. The Morgan fingerprint density at radius 3 is 1.05 bits per heavy atom. The zero-order valence-electron chi connectivity index (χ0n) is 41.0. The first kappa shape index (κ1) is 59.8. The van der Waals surface area contributed by atoms with Gasteiger partial charge in [0.1, 0.15) is 13.2 Å². The topological polar surface area (TPSA) is 78.9 Å². The highest BCUT2D eigenvalue weighted by atomic mass is 16.6. The Balaban J connectivity index is 4.54.